The molecule has 0 spiro atoms. The predicted molar refractivity (Wildman–Crippen MR) is 110 cm³/mol. The molecule has 4 bridgehead atoms. The topological polar surface area (TPSA) is 56.0 Å². The van der Waals surface area contributed by atoms with E-state index in [-0.39, 0.29) is 16.9 Å². The summed E-state index contributed by atoms with van der Waals surface area (Å²) in [6.45, 7) is 1.89. The molecular weight excluding hydrogens is 350 g/mol. The Hall–Kier alpha value is -2.30. The Morgan fingerprint density at radius 2 is 1.64 bits per heavy atom. The molecule has 1 N–H and O–H groups in total. The van der Waals surface area contributed by atoms with Crippen LogP contribution in [0.5, 0.6) is 0 Å². The summed E-state index contributed by atoms with van der Waals surface area (Å²) in [5.41, 5.74) is 2.03. The summed E-state index contributed by atoms with van der Waals surface area (Å²) in [5.74, 6) is 2.49. The van der Waals surface area contributed by atoms with Gasteiger partial charge in [-0.2, -0.15) is 0 Å². The summed E-state index contributed by atoms with van der Waals surface area (Å²) in [6, 6.07) is 9.56. The highest BCUT2D eigenvalue weighted by molar-refractivity contribution is 5.91. The van der Waals surface area contributed by atoms with Crippen LogP contribution < -0.4 is 10.9 Å². The lowest BCUT2D eigenvalue weighted by molar-refractivity contribution is -0.124. The van der Waals surface area contributed by atoms with Gasteiger partial charge < -0.3 is 5.32 Å². The van der Waals surface area contributed by atoms with Crippen LogP contribution in [0.3, 0.4) is 0 Å². The minimum Gasteiger partial charge on any atom is -0.320 e. The van der Waals surface area contributed by atoms with Crippen LogP contribution in [0.1, 0.15) is 50.6 Å². The lowest BCUT2D eigenvalue weighted by atomic mass is 9.49. The second-order valence-electron chi connectivity index (χ2n) is 9.58. The fraction of sp³-hybridized carbons (Fsp3) is 0.565. The highest BCUT2D eigenvalue weighted by Crippen LogP contribution is 2.61. The van der Waals surface area contributed by atoms with Crippen LogP contribution >= 0.6 is 0 Å². The zero-order valence-corrected chi connectivity index (χ0v) is 16.8. The number of anilines is 1. The quantitative estimate of drug-likeness (QED) is 0.872. The number of carbonyl (C=O) groups is 1. The van der Waals surface area contributed by atoms with Crippen LogP contribution in [0.2, 0.25) is 0 Å². The van der Waals surface area contributed by atoms with Crippen molar-refractivity contribution in [1.29, 1.82) is 0 Å². The maximum Gasteiger partial charge on any atom is 0.295 e. The molecule has 148 valence electrons. The summed E-state index contributed by atoms with van der Waals surface area (Å²) < 4.78 is 3.44. The summed E-state index contributed by atoms with van der Waals surface area (Å²) in [6.07, 6.45) is 8.30. The van der Waals surface area contributed by atoms with E-state index in [0.717, 1.165) is 29.1 Å². The third kappa shape index (κ3) is 2.83. The first-order valence-corrected chi connectivity index (χ1v) is 10.6. The van der Waals surface area contributed by atoms with Crippen LogP contribution in [0.25, 0.3) is 5.69 Å². The largest absolute Gasteiger partial charge is 0.320 e. The van der Waals surface area contributed by atoms with Crippen molar-refractivity contribution in [2.24, 2.45) is 30.2 Å². The van der Waals surface area contributed by atoms with E-state index in [1.54, 1.807) is 4.68 Å². The minimum atomic E-state index is -0.162. The van der Waals surface area contributed by atoms with Gasteiger partial charge >= 0.3 is 0 Å². The van der Waals surface area contributed by atoms with Gasteiger partial charge in [-0.3, -0.25) is 14.3 Å². The van der Waals surface area contributed by atoms with Crippen LogP contribution in [0, 0.1) is 30.1 Å². The van der Waals surface area contributed by atoms with Crippen molar-refractivity contribution in [2.75, 3.05) is 5.32 Å². The average Bonchev–Trinajstić information content (AvgIpc) is 2.84. The molecule has 4 aliphatic rings. The summed E-state index contributed by atoms with van der Waals surface area (Å²) in [5, 5.41) is 2.99. The van der Waals surface area contributed by atoms with Crippen LogP contribution in [-0.4, -0.2) is 15.3 Å². The van der Waals surface area contributed by atoms with Gasteiger partial charge in [-0.15, -0.1) is 0 Å². The van der Waals surface area contributed by atoms with E-state index >= 15 is 0 Å². The van der Waals surface area contributed by atoms with Gasteiger partial charge in [0.2, 0.25) is 5.91 Å². The molecule has 0 radical (unpaired) electrons. The Kier molecular flexibility index (Phi) is 4.04. The van der Waals surface area contributed by atoms with Gasteiger partial charge in [0.1, 0.15) is 5.69 Å². The van der Waals surface area contributed by atoms with Crippen molar-refractivity contribution in [3.63, 3.8) is 0 Å². The van der Waals surface area contributed by atoms with Gasteiger partial charge in [0.15, 0.2) is 0 Å². The number of nitrogens with zero attached hydrogens (tertiary/aromatic N) is 2. The predicted octanol–water partition coefficient (Wildman–Crippen LogP) is 4.03. The lowest BCUT2D eigenvalue weighted by Gasteiger charge is -2.56. The second kappa shape index (κ2) is 6.36. The Labute approximate surface area is 165 Å². The zero-order chi connectivity index (χ0) is 19.5. The van der Waals surface area contributed by atoms with Crippen molar-refractivity contribution >= 4 is 11.6 Å². The standard InChI is InChI=1S/C23H29N3O2/c1-15-21(22(28)26(25(15)2)19-6-4-3-5-7-19)24-20(27)14-23-11-16-8-17(12-23)10-18(9-16)13-23/h3-7,16-18H,8-14H2,1-2H3,(H,24,27). The molecule has 1 aromatic heterocycles. The van der Waals surface area contributed by atoms with Gasteiger partial charge in [-0.1, -0.05) is 18.2 Å². The molecule has 28 heavy (non-hydrogen) atoms. The van der Waals surface area contributed by atoms with Gasteiger partial charge in [0.25, 0.3) is 5.56 Å². The fourth-order valence-electron chi connectivity index (χ4n) is 6.74. The molecule has 0 aliphatic heterocycles. The van der Waals surface area contributed by atoms with Crippen LogP contribution in [-0.2, 0) is 11.8 Å². The number of amides is 1. The van der Waals surface area contributed by atoms with Crippen LogP contribution in [0.15, 0.2) is 35.1 Å². The number of benzene rings is 1. The molecule has 5 heteroatoms. The Bertz CT molecular complexity index is 934. The number of rotatable bonds is 4. The third-order valence-electron chi connectivity index (χ3n) is 7.52. The maximum absolute atomic E-state index is 13.0. The number of hydrogen-bond acceptors (Lipinski definition) is 2. The average molecular weight is 380 g/mol. The van der Waals surface area contributed by atoms with E-state index in [1.807, 2.05) is 49.0 Å². The molecule has 4 saturated carbocycles. The van der Waals surface area contributed by atoms with E-state index in [4.69, 9.17) is 0 Å². The van der Waals surface area contributed by atoms with Crippen molar-refractivity contribution in [3.8, 4) is 5.69 Å². The summed E-state index contributed by atoms with van der Waals surface area (Å²) >= 11 is 0. The molecule has 0 unspecified atom stereocenters. The van der Waals surface area contributed by atoms with E-state index in [2.05, 4.69) is 5.32 Å². The van der Waals surface area contributed by atoms with E-state index < -0.39 is 0 Å². The number of nitrogens with one attached hydrogen (secondary N) is 1. The smallest absolute Gasteiger partial charge is 0.295 e. The molecule has 4 aliphatic carbocycles. The van der Waals surface area contributed by atoms with E-state index in [9.17, 15) is 9.59 Å². The molecule has 1 aromatic carbocycles. The highest BCUT2D eigenvalue weighted by Gasteiger charge is 2.51. The van der Waals surface area contributed by atoms with Gasteiger partial charge in [-0.05, 0) is 80.8 Å². The van der Waals surface area contributed by atoms with E-state index in [0.29, 0.717) is 12.1 Å². The third-order valence-corrected chi connectivity index (χ3v) is 7.52. The normalized spacial score (nSPS) is 30.6. The van der Waals surface area contributed by atoms with Crippen molar-refractivity contribution in [3.05, 3.63) is 46.4 Å². The highest BCUT2D eigenvalue weighted by atomic mass is 16.2. The zero-order valence-electron chi connectivity index (χ0n) is 16.8. The van der Waals surface area contributed by atoms with Crippen molar-refractivity contribution < 1.29 is 4.79 Å². The van der Waals surface area contributed by atoms with Gasteiger partial charge in [0, 0.05) is 13.5 Å². The fourth-order valence-corrected chi connectivity index (χ4v) is 6.74. The molecule has 6 rings (SSSR count). The van der Waals surface area contributed by atoms with Crippen molar-refractivity contribution in [1.82, 2.24) is 9.36 Å². The number of aromatic nitrogens is 2. The molecule has 1 heterocycles. The molecular formula is C23H29N3O2. The summed E-state index contributed by atoms with van der Waals surface area (Å²) in [4.78, 5) is 26.0. The molecule has 1 amide bonds. The molecule has 2 aromatic rings. The minimum absolute atomic E-state index is 0.00737. The first kappa shape index (κ1) is 17.8. The van der Waals surface area contributed by atoms with E-state index in [1.165, 1.54) is 38.5 Å². The number of hydrogen-bond donors (Lipinski definition) is 1. The molecule has 0 saturated heterocycles. The molecule has 5 nitrogen and oxygen atoms in total. The van der Waals surface area contributed by atoms with Crippen LogP contribution in [0.4, 0.5) is 5.69 Å². The molecule has 0 atom stereocenters. The Balaban J connectivity index is 1.38. The lowest BCUT2D eigenvalue weighted by Crippen LogP contribution is -2.47. The first-order valence-electron chi connectivity index (χ1n) is 10.6. The maximum atomic E-state index is 13.0. The Morgan fingerprint density at radius 3 is 2.21 bits per heavy atom. The number of para-hydroxylation sites is 1. The Morgan fingerprint density at radius 1 is 1.07 bits per heavy atom. The van der Waals surface area contributed by atoms with Crippen molar-refractivity contribution in [2.45, 2.75) is 51.9 Å². The SMILES string of the molecule is Cc1c(NC(=O)CC23CC4CC(CC(C4)C2)C3)c(=O)n(-c2ccccc2)n1C. The second-order valence-corrected chi connectivity index (χ2v) is 9.58. The monoisotopic (exact) mass is 379 g/mol. The number of carbonyl (C=O) groups excluding carboxylic acids is 1. The van der Waals surface area contributed by atoms with Gasteiger partial charge in [-0.25, -0.2) is 4.68 Å². The first-order chi connectivity index (χ1) is 13.4. The summed E-state index contributed by atoms with van der Waals surface area (Å²) in [7, 11) is 1.86. The molecule has 4 fully saturated rings. The van der Waals surface area contributed by atoms with Gasteiger partial charge in [0.05, 0.1) is 11.4 Å².